The third kappa shape index (κ3) is 3.44. The van der Waals surface area contributed by atoms with Gasteiger partial charge < -0.3 is 14.8 Å². The van der Waals surface area contributed by atoms with E-state index in [1.54, 1.807) is 0 Å². The lowest BCUT2D eigenvalue weighted by molar-refractivity contribution is -0.147. The fraction of sp³-hybridized carbons (Fsp3) is 0.727. The van der Waals surface area contributed by atoms with Crippen LogP contribution < -0.4 is 5.32 Å². The summed E-state index contributed by atoms with van der Waals surface area (Å²) in [6, 6.07) is -0.944. The van der Waals surface area contributed by atoms with Crippen molar-refractivity contribution in [1.29, 1.82) is 0 Å². The number of ketones is 1. The van der Waals surface area contributed by atoms with E-state index in [1.807, 2.05) is 0 Å². The Labute approximate surface area is 99.6 Å². The van der Waals surface area contributed by atoms with Crippen LogP contribution in [0.25, 0.3) is 0 Å². The van der Waals surface area contributed by atoms with Gasteiger partial charge in [-0.2, -0.15) is 0 Å². The number of Topliss-reactive ketones (excluding diaryl/α,β-unsaturated/α-hetero) is 1. The summed E-state index contributed by atoms with van der Waals surface area (Å²) in [5, 5.41) is 2.36. The van der Waals surface area contributed by atoms with Crippen LogP contribution in [0, 0.1) is 5.92 Å². The molecule has 6 nitrogen and oxygen atoms in total. The molecule has 0 radical (unpaired) electrons. The minimum atomic E-state index is -0.944. The van der Waals surface area contributed by atoms with Gasteiger partial charge >= 0.3 is 12.1 Å². The molecule has 0 aromatic rings. The molecule has 0 saturated heterocycles. The molecule has 1 saturated carbocycles. The minimum Gasteiger partial charge on any atom is -0.467 e. The molecule has 1 amide bonds. The highest BCUT2D eigenvalue weighted by atomic mass is 16.5. The summed E-state index contributed by atoms with van der Waals surface area (Å²) in [4.78, 5) is 34.4. The first-order valence-electron chi connectivity index (χ1n) is 5.55. The molecular formula is C11H17NO5. The largest absolute Gasteiger partial charge is 0.467 e. The monoisotopic (exact) mass is 243 g/mol. The highest BCUT2D eigenvalue weighted by Crippen LogP contribution is 2.24. The lowest BCUT2D eigenvalue weighted by Gasteiger charge is -2.27. The van der Waals surface area contributed by atoms with Gasteiger partial charge in [-0.3, -0.25) is 4.79 Å². The average Bonchev–Trinajstić information content (AvgIpc) is 2.35. The van der Waals surface area contributed by atoms with E-state index in [9.17, 15) is 14.4 Å². The summed E-state index contributed by atoms with van der Waals surface area (Å²) in [6.45, 7) is 0. The smallest absolute Gasteiger partial charge is 0.407 e. The van der Waals surface area contributed by atoms with Gasteiger partial charge in [0.2, 0.25) is 0 Å². The number of hydrogen-bond acceptors (Lipinski definition) is 5. The Kier molecular flexibility index (Phi) is 4.93. The summed E-state index contributed by atoms with van der Waals surface area (Å²) in [6.07, 6.45) is 2.00. The third-order valence-electron chi connectivity index (χ3n) is 2.92. The fourth-order valence-corrected chi connectivity index (χ4v) is 2.00. The first-order valence-corrected chi connectivity index (χ1v) is 5.55. The SMILES string of the molecule is COC(=O)NC(C(=O)OC)C1CCCCC1=O. The second-order valence-corrected chi connectivity index (χ2v) is 3.96. The van der Waals surface area contributed by atoms with Crippen LogP contribution >= 0.6 is 0 Å². The second kappa shape index (κ2) is 6.22. The number of hydrogen-bond donors (Lipinski definition) is 1. The van der Waals surface area contributed by atoms with E-state index < -0.39 is 24.0 Å². The fourth-order valence-electron chi connectivity index (χ4n) is 2.00. The number of ether oxygens (including phenoxy) is 2. The zero-order valence-corrected chi connectivity index (χ0v) is 10.0. The molecule has 0 heterocycles. The molecule has 0 aromatic heterocycles. The lowest BCUT2D eigenvalue weighted by atomic mass is 9.83. The van der Waals surface area contributed by atoms with E-state index in [-0.39, 0.29) is 5.78 Å². The van der Waals surface area contributed by atoms with Crippen LogP contribution in [-0.2, 0) is 19.1 Å². The van der Waals surface area contributed by atoms with E-state index in [0.717, 1.165) is 12.8 Å². The van der Waals surface area contributed by atoms with Crippen LogP contribution in [0.1, 0.15) is 25.7 Å². The minimum absolute atomic E-state index is 0.0111. The van der Waals surface area contributed by atoms with Gasteiger partial charge in [-0.15, -0.1) is 0 Å². The van der Waals surface area contributed by atoms with Crippen molar-refractivity contribution >= 4 is 17.8 Å². The molecular weight excluding hydrogens is 226 g/mol. The highest BCUT2D eigenvalue weighted by Gasteiger charge is 2.36. The zero-order chi connectivity index (χ0) is 12.8. The van der Waals surface area contributed by atoms with Crippen LogP contribution in [-0.4, -0.2) is 38.1 Å². The topological polar surface area (TPSA) is 81.7 Å². The van der Waals surface area contributed by atoms with Crippen molar-refractivity contribution in [2.45, 2.75) is 31.7 Å². The van der Waals surface area contributed by atoms with Gasteiger partial charge in [0.15, 0.2) is 0 Å². The molecule has 2 unspecified atom stereocenters. The molecule has 17 heavy (non-hydrogen) atoms. The van der Waals surface area contributed by atoms with Crippen LogP contribution in [0.2, 0.25) is 0 Å². The Morgan fingerprint density at radius 1 is 1.29 bits per heavy atom. The zero-order valence-electron chi connectivity index (χ0n) is 10.0. The van der Waals surface area contributed by atoms with E-state index in [1.165, 1.54) is 14.2 Å². The molecule has 1 N–H and O–H groups in total. The first kappa shape index (κ1) is 13.5. The van der Waals surface area contributed by atoms with Crippen LogP contribution in [0.3, 0.4) is 0 Å². The maximum Gasteiger partial charge on any atom is 0.407 e. The number of esters is 1. The predicted molar refractivity (Wildman–Crippen MR) is 58.3 cm³/mol. The average molecular weight is 243 g/mol. The normalized spacial score (nSPS) is 21.5. The maximum absolute atomic E-state index is 11.7. The Bertz CT molecular complexity index is 315. The number of methoxy groups -OCH3 is 2. The Balaban J connectivity index is 2.77. The summed E-state index contributed by atoms with van der Waals surface area (Å²) >= 11 is 0. The Morgan fingerprint density at radius 3 is 2.53 bits per heavy atom. The van der Waals surface area contributed by atoms with E-state index in [0.29, 0.717) is 12.8 Å². The van der Waals surface area contributed by atoms with E-state index in [2.05, 4.69) is 14.8 Å². The molecule has 0 spiro atoms. The molecule has 1 rings (SSSR count). The third-order valence-corrected chi connectivity index (χ3v) is 2.92. The van der Waals surface area contributed by atoms with Crippen molar-refractivity contribution in [3.05, 3.63) is 0 Å². The molecule has 0 aromatic carbocycles. The van der Waals surface area contributed by atoms with Crippen molar-refractivity contribution in [3.8, 4) is 0 Å². The van der Waals surface area contributed by atoms with Gasteiger partial charge in [0.1, 0.15) is 11.8 Å². The number of nitrogens with one attached hydrogen (secondary N) is 1. The number of carbonyl (C=O) groups is 3. The molecule has 2 atom stereocenters. The summed E-state index contributed by atoms with van der Waals surface area (Å²) in [5.41, 5.74) is 0. The maximum atomic E-state index is 11.7. The van der Waals surface area contributed by atoms with Gasteiger partial charge in [0.05, 0.1) is 14.2 Å². The Hall–Kier alpha value is -1.59. The molecule has 0 aliphatic heterocycles. The van der Waals surface area contributed by atoms with Crippen molar-refractivity contribution in [3.63, 3.8) is 0 Å². The van der Waals surface area contributed by atoms with Crippen molar-refractivity contribution < 1.29 is 23.9 Å². The highest BCUT2D eigenvalue weighted by molar-refractivity contribution is 5.91. The lowest BCUT2D eigenvalue weighted by Crippen LogP contribution is -2.49. The van der Waals surface area contributed by atoms with Gasteiger partial charge in [0, 0.05) is 12.3 Å². The van der Waals surface area contributed by atoms with Gasteiger partial charge in [0.25, 0.3) is 0 Å². The second-order valence-electron chi connectivity index (χ2n) is 3.96. The summed E-state index contributed by atoms with van der Waals surface area (Å²) < 4.78 is 9.03. The molecule has 6 heteroatoms. The number of carbonyl (C=O) groups excluding carboxylic acids is 3. The number of rotatable bonds is 3. The van der Waals surface area contributed by atoms with Gasteiger partial charge in [-0.05, 0) is 12.8 Å². The van der Waals surface area contributed by atoms with Crippen LogP contribution in [0.4, 0.5) is 4.79 Å². The quantitative estimate of drug-likeness (QED) is 0.736. The van der Waals surface area contributed by atoms with E-state index in [4.69, 9.17) is 0 Å². The Morgan fingerprint density at radius 2 is 2.00 bits per heavy atom. The van der Waals surface area contributed by atoms with Gasteiger partial charge in [-0.25, -0.2) is 9.59 Å². The molecule has 1 fully saturated rings. The number of amides is 1. The molecule has 96 valence electrons. The van der Waals surface area contributed by atoms with Crippen molar-refractivity contribution in [1.82, 2.24) is 5.32 Å². The molecule has 0 bridgehead atoms. The molecule has 1 aliphatic rings. The number of alkyl carbamates (subject to hydrolysis) is 1. The molecule has 1 aliphatic carbocycles. The van der Waals surface area contributed by atoms with E-state index >= 15 is 0 Å². The van der Waals surface area contributed by atoms with Gasteiger partial charge in [-0.1, -0.05) is 6.42 Å². The van der Waals surface area contributed by atoms with Crippen LogP contribution in [0.5, 0.6) is 0 Å². The first-order chi connectivity index (χ1) is 8.10. The standard InChI is InChI=1S/C11H17NO5/c1-16-10(14)9(12-11(15)17-2)7-5-3-4-6-8(7)13/h7,9H,3-6H2,1-2H3,(H,12,15). The summed E-state index contributed by atoms with van der Waals surface area (Å²) in [7, 11) is 2.42. The van der Waals surface area contributed by atoms with Crippen LogP contribution in [0.15, 0.2) is 0 Å². The van der Waals surface area contributed by atoms with Crippen molar-refractivity contribution in [2.24, 2.45) is 5.92 Å². The predicted octanol–water partition coefficient (Wildman–Crippen LogP) is 0.643. The van der Waals surface area contributed by atoms with Crippen molar-refractivity contribution in [2.75, 3.05) is 14.2 Å². The summed E-state index contributed by atoms with van der Waals surface area (Å²) in [5.74, 6) is -1.13.